The van der Waals surface area contributed by atoms with Crippen LogP contribution in [0.1, 0.15) is 52.0 Å². The maximum Gasteiger partial charge on any atom is 0.404 e. The normalized spacial score (nSPS) is 19.9. The highest BCUT2D eigenvalue weighted by atomic mass is 32.2. The van der Waals surface area contributed by atoms with Crippen molar-refractivity contribution in [2.24, 2.45) is 0 Å². The van der Waals surface area contributed by atoms with E-state index in [0.29, 0.717) is 35.0 Å². The van der Waals surface area contributed by atoms with E-state index in [0.717, 1.165) is 31.6 Å². The van der Waals surface area contributed by atoms with Crippen molar-refractivity contribution in [3.8, 4) is 0 Å². The summed E-state index contributed by atoms with van der Waals surface area (Å²) >= 11 is 1.60. The van der Waals surface area contributed by atoms with Gasteiger partial charge in [0.15, 0.2) is 22.1 Å². The molecule has 0 radical (unpaired) electrons. The predicted octanol–water partition coefficient (Wildman–Crippen LogP) is 1.87. The molecule has 1 saturated carbocycles. The molecule has 12 nitrogen and oxygen atoms in total. The lowest BCUT2D eigenvalue weighted by Crippen LogP contribution is -2.38. The second kappa shape index (κ2) is 13.7. The summed E-state index contributed by atoms with van der Waals surface area (Å²) in [5, 5.41) is 49.8. The van der Waals surface area contributed by atoms with E-state index >= 15 is 0 Å². The first-order valence-corrected chi connectivity index (χ1v) is 12.4. The third-order valence-electron chi connectivity index (χ3n) is 5.15. The van der Waals surface area contributed by atoms with Crippen molar-refractivity contribution < 1.29 is 34.0 Å². The van der Waals surface area contributed by atoms with Crippen LogP contribution in [0.25, 0.3) is 11.2 Å². The van der Waals surface area contributed by atoms with E-state index in [1.54, 1.807) is 16.4 Å². The van der Waals surface area contributed by atoms with Crippen molar-refractivity contribution in [3.05, 3.63) is 0 Å². The lowest BCUT2D eigenvalue weighted by Gasteiger charge is -2.16. The summed E-state index contributed by atoms with van der Waals surface area (Å²) in [5.74, 6) is -1.73. The van der Waals surface area contributed by atoms with Crippen molar-refractivity contribution in [2.75, 3.05) is 30.8 Å². The summed E-state index contributed by atoms with van der Waals surface area (Å²) in [4.78, 5) is 18.9. The number of fused-ring (bicyclic) bond motifs is 1. The fourth-order valence-corrected chi connectivity index (χ4v) is 3.96. The van der Waals surface area contributed by atoms with Crippen LogP contribution >= 0.6 is 11.8 Å². The van der Waals surface area contributed by atoms with Gasteiger partial charge >= 0.3 is 6.09 Å². The number of hydrogen-bond donors (Lipinski definition) is 6. The topological polar surface area (TPSA) is 179 Å². The standard InChI is InChI=1S/C16H26N6O2S.C4H7F2NO3/c1-3-5-8-17-14-12-15(19-16(18-14)25-9-4-2)22(21-20-12)10-6-7-11(23)13(10)24;5-4(6,2-8)1-7-3(9)10/h10-11,13,23-24H,3-9H2,1-2H3,(H,17,18,19);7-8H,1-2H2,(H,9,10)/t10-,11-,13+;/m1./s1. The number of amides is 1. The van der Waals surface area contributed by atoms with Crippen LogP contribution in [0.3, 0.4) is 0 Å². The zero-order chi connectivity index (χ0) is 26.0. The van der Waals surface area contributed by atoms with Gasteiger partial charge in [-0.1, -0.05) is 37.2 Å². The zero-order valence-corrected chi connectivity index (χ0v) is 20.5. The largest absolute Gasteiger partial charge is 0.465 e. The van der Waals surface area contributed by atoms with E-state index < -0.39 is 37.4 Å². The number of carbonyl (C=O) groups is 1. The van der Waals surface area contributed by atoms with Gasteiger partial charge in [0, 0.05) is 12.3 Å². The molecule has 1 fully saturated rings. The Morgan fingerprint density at radius 1 is 1.23 bits per heavy atom. The van der Waals surface area contributed by atoms with E-state index in [1.165, 1.54) is 5.32 Å². The molecule has 3 rings (SSSR count). The molecule has 0 spiro atoms. The van der Waals surface area contributed by atoms with Crippen molar-refractivity contribution >= 4 is 34.8 Å². The van der Waals surface area contributed by atoms with Gasteiger partial charge in [0.2, 0.25) is 0 Å². The minimum Gasteiger partial charge on any atom is -0.465 e. The Hall–Kier alpha value is -2.36. The Bertz CT molecular complexity index is 952. The summed E-state index contributed by atoms with van der Waals surface area (Å²) in [5.41, 5.74) is 1.23. The summed E-state index contributed by atoms with van der Waals surface area (Å²) < 4.78 is 25.5. The molecule has 1 amide bonds. The van der Waals surface area contributed by atoms with E-state index in [1.807, 2.05) is 0 Å². The highest BCUT2D eigenvalue weighted by molar-refractivity contribution is 7.99. The molecule has 2 heterocycles. The molecule has 0 unspecified atom stereocenters. The second-order valence-electron chi connectivity index (χ2n) is 8.07. The number of rotatable bonds is 11. The number of alkyl halides is 2. The highest BCUT2D eigenvalue weighted by Gasteiger charge is 2.37. The minimum atomic E-state index is -3.36. The third kappa shape index (κ3) is 8.37. The van der Waals surface area contributed by atoms with Crippen molar-refractivity contribution in [1.29, 1.82) is 0 Å². The van der Waals surface area contributed by atoms with E-state index in [9.17, 15) is 23.8 Å². The molecule has 0 aliphatic heterocycles. The van der Waals surface area contributed by atoms with Gasteiger partial charge in [0.05, 0.1) is 18.7 Å². The van der Waals surface area contributed by atoms with Gasteiger partial charge in [-0.3, -0.25) is 0 Å². The first-order valence-electron chi connectivity index (χ1n) is 11.4. The Balaban J connectivity index is 0.000000367. The van der Waals surface area contributed by atoms with E-state index in [2.05, 4.69) is 39.4 Å². The van der Waals surface area contributed by atoms with E-state index in [-0.39, 0.29) is 6.04 Å². The number of nitrogens with one attached hydrogen (secondary N) is 2. The molecule has 0 aromatic carbocycles. The summed E-state index contributed by atoms with van der Waals surface area (Å²) in [6.07, 6.45) is 1.29. The monoisotopic (exact) mass is 521 g/mol. The number of halogens is 2. The van der Waals surface area contributed by atoms with Crippen LogP contribution in [0.5, 0.6) is 0 Å². The number of hydrogen-bond acceptors (Lipinski definition) is 10. The first-order chi connectivity index (χ1) is 16.6. The lowest BCUT2D eigenvalue weighted by molar-refractivity contribution is -0.0464. The number of aliphatic hydroxyl groups excluding tert-OH is 3. The zero-order valence-electron chi connectivity index (χ0n) is 19.7. The molecular weight excluding hydrogens is 488 g/mol. The minimum absolute atomic E-state index is 0.303. The van der Waals surface area contributed by atoms with Crippen LogP contribution in [-0.4, -0.2) is 95.1 Å². The summed E-state index contributed by atoms with van der Waals surface area (Å²) in [6.45, 7) is 2.67. The highest BCUT2D eigenvalue weighted by Crippen LogP contribution is 2.33. The molecular formula is C20H33F2N7O5S. The molecule has 3 atom stereocenters. The molecule has 1 aliphatic carbocycles. The van der Waals surface area contributed by atoms with Crippen LogP contribution in [0, 0.1) is 0 Å². The van der Waals surface area contributed by atoms with Gasteiger partial charge in [0.1, 0.15) is 12.7 Å². The molecule has 6 N–H and O–H groups in total. The fourth-order valence-electron chi connectivity index (χ4n) is 3.27. The van der Waals surface area contributed by atoms with Gasteiger partial charge in [-0.25, -0.2) is 28.2 Å². The number of aromatic nitrogens is 5. The number of thioether (sulfide) groups is 1. The van der Waals surface area contributed by atoms with Crippen LogP contribution in [0.2, 0.25) is 0 Å². The molecule has 0 saturated heterocycles. The van der Waals surface area contributed by atoms with Crippen LogP contribution in [-0.2, 0) is 0 Å². The maximum absolute atomic E-state index is 11.9. The van der Waals surface area contributed by atoms with Crippen LogP contribution in [0.15, 0.2) is 5.16 Å². The molecule has 2 aromatic rings. The smallest absolute Gasteiger partial charge is 0.404 e. The maximum atomic E-state index is 11.9. The predicted molar refractivity (Wildman–Crippen MR) is 126 cm³/mol. The average Bonchev–Trinajstić information content (AvgIpc) is 3.40. The molecule has 15 heteroatoms. The quantitative estimate of drug-likeness (QED) is 0.144. The molecule has 2 aromatic heterocycles. The number of nitrogens with zero attached hydrogens (tertiary/aromatic N) is 5. The van der Waals surface area contributed by atoms with Gasteiger partial charge in [0.25, 0.3) is 5.92 Å². The van der Waals surface area contributed by atoms with Gasteiger partial charge < -0.3 is 31.1 Å². The Morgan fingerprint density at radius 2 is 1.97 bits per heavy atom. The summed E-state index contributed by atoms with van der Waals surface area (Å²) in [7, 11) is 0. The average molecular weight is 522 g/mol. The Labute approximate surface area is 205 Å². The fraction of sp³-hybridized carbons (Fsp3) is 0.750. The SMILES string of the molecule is CCCCNc1nc(SCCC)nc2c1nnn2[C@@H]1CC[C@@H](O)[C@H]1O.O=C(O)NCC(F)(F)CO. The Morgan fingerprint density at radius 3 is 2.54 bits per heavy atom. The molecule has 198 valence electrons. The molecule has 35 heavy (non-hydrogen) atoms. The number of carboxylic acid groups (broad SMARTS) is 1. The van der Waals surface area contributed by atoms with Crippen LogP contribution in [0.4, 0.5) is 19.4 Å². The van der Waals surface area contributed by atoms with Gasteiger partial charge in [-0.15, -0.1) is 5.10 Å². The second-order valence-corrected chi connectivity index (χ2v) is 9.13. The summed E-state index contributed by atoms with van der Waals surface area (Å²) in [6, 6.07) is -0.303. The molecule has 0 bridgehead atoms. The number of unbranched alkanes of at least 4 members (excludes halogenated alkanes) is 1. The molecule has 1 aliphatic rings. The van der Waals surface area contributed by atoms with Crippen molar-refractivity contribution in [3.63, 3.8) is 0 Å². The Kier molecular flexibility index (Phi) is 11.3. The van der Waals surface area contributed by atoms with Gasteiger partial charge in [-0.2, -0.15) is 0 Å². The van der Waals surface area contributed by atoms with Crippen molar-refractivity contribution in [2.45, 2.75) is 75.3 Å². The van der Waals surface area contributed by atoms with Crippen LogP contribution < -0.4 is 10.6 Å². The first kappa shape index (κ1) is 28.9. The number of aliphatic hydroxyl groups is 3. The number of anilines is 1. The lowest BCUT2D eigenvalue weighted by atomic mass is 10.2. The van der Waals surface area contributed by atoms with Crippen molar-refractivity contribution in [1.82, 2.24) is 30.3 Å². The van der Waals surface area contributed by atoms with Gasteiger partial charge in [-0.05, 0) is 25.7 Å². The van der Waals surface area contributed by atoms with E-state index in [4.69, 9.17) is 10.2 Å². The third-order valence-corrected chi connectivity index (χ3v) is 6.20.